The van der Waals surface area contributed by atoms with Gasteiger partial charge in [-0.15, -0.1) is 0 Å². The van der Waals surface area contributed by atoms with E-state index in [9.17, 15) is 14.0 Å². The molecule has 1 unspecified atom stereocenters. The van der Waals surface area contributed by atoms with Gasteiger partial charge >= 0.3 is 5.97 Å². The number of rotatable bonds is 7. The van der Waals surface area contributed by atoms with Gasteiger partial charge in [-0.1, -0.05) is 12.1 Å². The van der Waals surface area contributed by atoms with E-state index in [1.54, 1.807) is 6.07 Å². The molecule has 0 saturated heterocycles. The Morgan fingerprint density at radius 1 is 1.37 bits per heavy atom. The molecule has 1 atom stereocenters. The van der Waals surface area contributed by atoms with Gasteiger partial charge in [0.05, 0.1) is 12.5 Å². The third-order valence-corrected chi connectivity index (χ3v) is 2.59. The molecule has 0 aliphatic rings. The number of aliphatic hydroxyl groups excluding tert-OH is 1. The Labute approximate surface area is 110 Å². The summed E-state index contributed by atoms with van der Waals surface area (Å²) in [6.45, 7) is -0.113. The Balaban J connectivity index is 2.63. The summed E-state index contributed by atoms with van der Waals surface area (Å²) in [4.78, 5) is 22.5. The normalized spacial score (nSPS) is 11.9. The number of aliphatic carboxylic acids is 1. The number of benzene rings is 1. The number of carboxylic acid groups (broad SMARTS) is 1. The van der Waals surface area contributed by atoms with Gasteiger partial charge < -0.3 is 15.5 Å². The zero-order valence-corrected chi connectivity index (χ0v) is 10.3. The summed E-state index contributed by atoms with van der Waals surface area (Å²) < 4.78 is 13.0. The Hall–Kier alpha value is -1.95. The van der Waals surface area contributed by atoms with Gasteiger partial charge in [0.1, 0.15) is 5.82 Å². The fraction of sp³-hybridized carbons (Fsp3) is 0.385. The first kappa shape index (κ1) is 15.1. The molecule has 3 N–H and O–H groups in total. The molecule has 0 heterocycles. The lowest BCUT2D eigenvalue weighted by atomic mass is 9.96. The predicted molar refractivity (Wildman–Crippen MR) is 65.9 cm³/mol. The molecule has 0 spiro atoms. The van der Waals surface area contributed by atoms with Crippen LogP contribution in [-0.2, 0) is 16.0 Å². The quantitative estimate of drug-likeness (QED) is 0.675. The molecule has 0 aromatic heterocycles. The van der Waals surface area contributed by atoms with Crippen LogP contribution in [0.15, 0.2) is 24.3 Å². The summed E-state index contributed by atoms with van der Waals surface area (Å²) in [6.07, 6.45) is -0.120. The van der Waals surface area contributed by atoms with Crippen molar-refractivity contribution in [3.8, 4) is 0 Å². The molecular formula is C13H16FNO4. The molecule has 0 fully saturated rings. The fourth-order valence-corrected chi connectivity index (χ4v) is 1.69. The van der Waals surface area contributed by atoms with Gasteiger partial charge in [-0.05, 0) is 24.1 Å². The third-order valence-electron chi connectivity index (χ3n) is 2.59. The van der Waals surface area contributed by atoms with Crippen LogP contribution in [-0.4, -0.2) is 35.2 Å². The van der Waals surface area contributed by atoms with Crippen LogP contribution in [0.5, 0.6) is 0 Å². The van der Waals surface area contributed by atoms with E-state index in [1.807, 2.05) is 0 Å². The van der Waals surface area contributed by atoms with Crippen molar-refractivity contribution in [3.05, 3.63) is 35.6 Å². The third kappa shape index (κ3) is 5.48. The number of halogens is 1. The van der Waals surface area contributed by atoms with Crippen LogP contribution in [0, 0.1) is 11.7 Å². The van der Waals surface area contributed by atoms with Gasteiger partial charge in [0.2, 0.25) is 5.91 Å². The lowest BCUT2D eigenvalue weighted by Gasteiger charge is -2.12. The van der Waals surface area contributed by atoms with Crippen LogP contribution < -0.4 is 5.32 Å². The van der Waals surface area contributed by atoms with Crippen LogP contribution in [0.3, 0.4) is 0 Å². The SMILES string of the molecule is O=C(CC(Cc1cccc(F)c1)C(=O)O)NCCO. The topological polar surface area (TPSA) is 86.6 Å². The van der Waals surface area contributed by atoms with Gasteiger partial charge in [-0.3, -0.25) is 9.59 Å². The number of amides is 1. The Kier molecular flexibility index (Phi) is 5.95. The summed E-state index contributed by atoms with van der Waals surface area (Å²) in [7, 11) is 0. The summed E-state index contributed by atoms with van der Waals surface area (Å²) in [5.74, 6) is -2.91. The second-order valence-electron chi connectivity index (χ2n) is 4.15. The highest BCUT2D eigenvalue weighted by Gasteiger charge is 2.21. The minimum Gasteiger partial charge on any atom is -0.481 e. The Bertz CT molecular complexity index is 450. The van der Waals surface area contributed by atoms with Gasteiger partial charge in [0.15, 0.2) is 0 Å². The van der Waals surface area contributed by atoms with Gasteiger partial charge in [0, 0.05) is 13.0 Å². The number of aliphatic hydroxyl groups is 1. The molecule has 0 saturated carbocycles. The summed E-state index contributed by atoms with van der Waals surface area (Å²) >= 11 is 0. The van der Waals surface area contributed by atoms with E-state index in [-0.39, 0.29) is 26.0 Å². The van der Waals surface area contributed by atoms with E-state index in [2.05, 4.69) is 5.32 Å². The number of carboxylic acids is 1. The highest BCUT2D eigenvalue weighted by molar-refractivity contribution is 5.82. The van der Waals surface area contributed by atoms with Gasteiger partial charge in [-0.25, -0.2) is 4.39 Å². The van der Waals surface area contributed by atoms with E-state index in [0.717, 1.165) is 0 Å². The molecule has 0 aliphatic heterocycles. The van der Waals surface area contributed by atoms with E-state index in [0.29, 0.717) is 5.56 Å². The van der Waals surface area contributed by atoms with Crippen molar-refractivity contribution >= 4 is 11.9 Å². The minimum atomic E-state index is -1.11. The molecule has 5 nitrogen and oxygen atoms in total. The van der Waals surface area contributed by atoms with Crippen molar-refractivity contribution in [2.45, 2.75) is 12.8 Å². The Morgan fingerprint density at radius 3 is 2.68 bits per heavy atom. The summed E-state index contributed by atoms with van der Waals surface area (Å²) in [5, 5.41) is 20.0. The predicted octanol–water partition coefficient (Wildman–Crippen LogP) is 0.568. The van der Waals surface area contributed by atoms with Crippen molar-refractivity contribution in [2.24, 2.45) is 5.92 Å². The number of hydrogen-bond acceptors (Lipinski definition) is 3. The zero-order chi connectivity index (χ0) is 14.3. The molecule has 104 valence electrons. The lowest BCUT2D eigenvalue weighted by molar-refractivity contribution is -0.144. The number of nitrogens with one attached hydrogen (secondary N) is 1. The second kappa shape index (κ2) is 7.48. The van der Waals surface area contributed by atoms with Crippen molar-refractivity contribution < 1.29 is 24.2 Å². The van der Waals surface area contributed by atoms with E-state index >= 15 is 0 Å². The van der Waals surface area contributed by atoms with Crippen molar-refractivity contribution in [1.29, 1.82) is 0 Å². The molecule has 0 aliphatic carbocycles. The standard InChI is InChI=1S/C13H16FNO4/c14-11-3-1-2-9(7-11)6-10(13(18)19)8-12(17)15-4-5-16/h1-3,7,10,16H,4-6,8H2,(H,15,17)(H,18,19). The largest absolute Gasteiger partial charge is 0.481 e. The molecule has 1 amide bonds. The molecule has 19 heavy (non-hydrogen) atoms. The van der Waals surface area contributed by atoms with E-state index < -0.39 is 23.6 Å². The number of carbonyl (C=O) groups excluding carboxylic acids is 1. The van der Waals surface area contributed by atoms with Crippen LogP contribution in [0.2, 0.25) is 0 Å². The number of carbonyl (C=O) groups is 2. The first-order chi connectivity index (χ1) is 9.02. The smallest absolute Gasteiger partial charge is 0.307 e. The molecule has 1 rings (SSSR count). The van der Waals surface area contributed by atoms with Crippen LogP contribution in [0.25, 0.3) is 0 Å². The maximum atomic E-state index is 13.0. The molecule has 6 heteroatoms. The molecule has 0 radical (unpaired) electrons. The van der Waals surface area contributed by atoms with Crippen molar-refractivity contribution in [3.63, 3.8) is 0 Å². The molecule has 1 aromatic carbocycles. The highest BCUT2D eigenvalue weighted by atomic mass is 19.1. The van der Waals surface area contributed by atoms with Gasteiger partial charge in [0.25, 0.3) is 0 Å². The van der Waals surface area contributed by atoms with Crippen LogP contribution in [0.4, 0.5) is 4.39 Å². The maximum absolute atomic E-state index is 13.0. The van der Waals surface area contributed by atoms with Crippen molar-refractivity contribution in [2.75, 3.05) is 13.2 Å². The minimum absolute atomic E-state index is 0.0830. The highest BCUT2D eigenvalue weighted by Crippen LogP contribution is 2.14. The molecule has 1 aromatic rings. The number of hydrogen-bond donors (Lipinski definition) is 3. The fourth-order valence-electron chi connectivity index (χ4n) is 1.69. The molecular weight excluding hydrogens is 253 g/mol. The van der Waals surface area contributed by atoms with Crippen molar-refractivity contribution in [1.82, 2.24) is 5.32 Å². The van der Waals surface area contributed by atoms with Gasteiger partial charge in [-0.2, -0.15) is 0 Å². The first-order valence-corrected chi connectivity index (χ1v) is 5.87. The average molecular weight is 269 g/mol. The monoisotopic (exact) mass is 269 g/mol. The lowest BCUT2D eigenvalue weighted by Crippen LogP contribution is -2.31. The Morgan fingerprint density at radius 2 is 2.11 bits per heavy atom. The van der Waals surface area contributed by atoms with E-state index in [1.165, 1.54) is 18.2 Å². The molecule has 0 bridgehead atoms. The van der Waals surface area contributed by atoms with Crippen LogP contribution >= 0.6 is 0 Å². The van der Waals surface area contributed by atoms with Crippen LogP contribution in [0.1, 0.15) is 12.0 Å². The summed E-state index contributed by atoms with van der Waals surface area (Å²) in [5.41, 5.74) is 0.530. The second-order valence-corrected chi connectivity index (χ2v) is 4.15. The maximum Gasteiger partial charge on any atom is 0.307 e. The zero-order valence-electron chi connectivity index (χ0n) is 10.3. The first-order valence-electron chi connectivity index (χ1n) is 5.87. The summed E-state index contributed by atoms with van der Waals surface area (Å²) in [6, 6.07) is 5.63. The van der Waals surface area contributed by atoms with E-state index in [4.69, 9.17) is 10.2 Å². The average Bonchev–Trinajstić information content (AvgIpc) is 2.35.